The number of rotatable bonds is 1. The van der Waals surface area contributed by atoms with Crippen molar-refractivity contribution in [2.45, 2.75) is 0 Å². The number of para-hydroxylation sites is 1. The molecule has 0 saturated heterocycles. The first-order valence-electron chi connectivity index (χ1n) is 5.87. The van der Waals surface area contributed by atoms with Crippen molar-refractivity contribution >= 4 is 26.8 Å². The minimum absolute atomic E-state index is 0.0514. The van der Waals surface area contributed by atoms with E-state index in [1.54, 1.807) is 23.9 Å². The highest BCUT2D eigenvalue weighted by molar-refractivity contribution is 9.10. The zero-order valence-corrected chi connectivity index (χ0v) is 11.9. The molecule has 0 amide bonds. The molecule has 0 aliphatic rings. The number of benzene rings is 1. The molecule has 19 heavy (non-hydrogen) atoms. The Morgan fingerprint density at radius 3 is 2.74 bits per heavy atom. The quantitative estimate of drug-likeness (QED) is 0.690. The molecule has 1 aromatic carbocycles. The molecular weight excluding hydrogens is 304 g/mol. The predicted octanol–water partition coefficient (Wildman–Crippen LogP) is 3.36. The van der Waals surface area contributed by atoms with Gasteiger partial charge < -0.3 is 4.57 Å². The highest BCUT2D eigenvalue weighted by Gasteiger charge is 2.06. The number of hydrogen-bond acceptors (Lipinski definition) is 2. The summed E-state index contributed by atoms with van der Waals surface area (Å²) in [6.07, 6.45) is 1.80. The van der Waals surface area contributed by atoms with E-state index in [0.29, 0.717) is 4.47 Å². The molecule has 2 heterocycles. The Balaban J connectivity index is 2.21. The van der Waals surface area contributed by atoms with Crippen molar-refractivity contribution in [1.82, 2.24) is 9.55 Å². The summed E-state index contributed by atoms with van der Waals surface area (Å²) in [4.78, 5) is 16.3. The lowest BCUT2D eigenvalue weighted by molar-refractivity contribution is 0.855. The van der Waals surface area contributed by atoms with Crippen molar-refractivity contribution in [3.8, 4) is 11.3 Å². The minimum Gasteiger partial charge on any atom is -0.317 e. The van der Waals surface area contributed by atoms with E-state index in [1.807, 2.05) is 36.4 Å². The number of aromatic nitrogens is 2. The van der Waals surface area contributed by atoms with Crippen molar-refractivity contribution < 1.29 is 0 Å². The van der Waals surface area contributed by atoms with Gasteiger partial charge in [0.05, 0.1) is 15.7 Å². The Kier molecular flexibility index (Phi) is 2.95. The highest BCUT2D eigenvalue weighted by atomic mass is 79.9. The number of hydrogen-bond donors (Lipinski definition) is 0. The molecule has 0 aliphatic heterocycles. The maximum Gasteiger partial charge on any atom is 0.264 e. The van der Waals surface area contributed by atoms with Crippen molar-refractivity contribution in [3.05, 3.63) is 63.5 Å². The van der Waals surface area contributed by atoms with Crippen LogP contribution in [0.4, 0.5) is 0 Å². The van der Waals surface area contributed by atoms with Gasteiger partial charge in [0.1, 0.15) is 0 Å². The average molecular weight is 315 g/mol. The Bertz CT molecular complexity index is 797. The van der Waals surface area contributed by atoms with Gasteiger partial charge in [-0.25, -0.2) is 4.98 Å². The van der Waals surface area contributed by atoms with Gasteiger partial charge in [-0.3, -0.25) is 4.79 Å². The molecule has 94 valence electrons. The van der Waals surface area contributed by atoms with Gasteiger partial charge in [0.25, 0.3) is 5.56 Å². The third-order valence-corrected chi connectivity index (χ3v) is 3.60. The second-order valence-corrected chi connectivity index (χ2v) is 5.24. The summed E-state index contributed by atoms with van der Waals surface area (Å²) < 4.78 is 2.10. The Morgan fingerprint density at radius 1 is 1.16 bits per heavy atom. The van der Waals surface area contributed by atoms with Crippen LogP contribution in [0, 0.1) is 0 Å². The number of nitrogens with zero attached hydrogens (tertiary/aromatic N) is 2. The number of pyridine rings is 2. The standard InChI is InChI=1S/C15H11BrN2O/c1-18-9-11(8-12(16)15(18)19)14-7-6-10-4-2-3-5-13(10)17-14/h2-9H,1H3. The van der Waals surface area contributed by atoms with Gasteiger partial charge in [-0.2, -0.15) is 0 Å². The molecule has 0 atom stereocenters. The summed E-state index contributed by atoms with van der Waals surface area (Å²) in [6.45, 7) is 0. The van der Waals surface area contributed by atoms with Crippen LogP contribution in [0.3, 0.4) is 0 Å². The minimum atomic E-state index is -0.0514. The number of fused-ring (bicyclic) bond motifs is 1. The monoisotopic (exact) mass is 314 g/mol. The molecule has 3 nitrogen and oxygen atoms in total. The van der Waals surface area contributed by atoms with Crippen molar-refractivity contribution in [1.29, 1.82) is 0 Å². The lowest BCUT2D eigenvalue weighted by Crippen LogP contribution is -2.16. The van der Waals surface area contributed by atoms with Gasteiger partial charge in [0.15, 0.2) is 0 Å². The molecule has 3 rings (SSSR count). The van der Waals surface area contributed by atoms with Crippen LogP contribution in [0.15, 0.2) is 57.9 Å². The first-order chi connectivity index (χ1) is 9.15. The van der Waals surface area contributed by atoms with E-state index in [0.717, 1.165) is 22.2 Å². The molecule has 3 aromatic rings. The topological polar surface area (TPSA) is 34.9 Å². The van der Waals surface area contributed by atoms with Crippen molar-refractivity contribution in [2.24, 2.45) is 7.05 Å². The van der Waals surface area contributed by atoms with E-state index in [9.17, 15) is 4.79 Å². The molecule has 0 saturated carbocycles. The summed E-state index contributed by atoms with van der Waals surface area (Å²) in [5, 5.41) is 1.11. The molecule has 2 aromatic heterocycles. The SMILES string of the molecule is Cn1cc(-c2ccc3ccccc3n2)cc(Br)c1=O. The molecular formula is C15H11BrN2O. The van der Waals surface area contributed by atoms with E-state index < -0.39 is 0 Å². The Labute approximate surface area is 118 Å². The molecule has 0 bridgehead atoms. The fraction of sp³-hybridized carbons (Fsp3) is 0.0667. The van der Waals surface area contributed by atoms with E-state index in [-0.39, 0.29) is 5.56 Å². The second-order valence-electron chi connectivity index (χ2n) is 4.38. The van der Waals surface area contributed by atoms with E-state index in [1.165, 1.54) is 0 Å². The lowest BCUT2D eigenvalue weighted by Gasteiger charge is -2.06. The molecule has 0 N–H and O–H groups in total. The third kappa shape index (κ3) is 2.19. The summed E-state index contributed by atoms with van der Waals surface area (Å²) in [5.41, 5.74) is 2.67. The number of aryl methyl sites for hydroxylation is 1. The van der Waals surface area contributed by atoms with Crippen LogP contribution in [0.1, 0.15) is 0 Å². The van der Waals surface area contributed by atoms with Crippen LogP contribution in [0.25, 0.3) is 22.2 Å². The van der Waals surface area contributed by atoms with Gasteiger partial charge in [-0.1, -0.05) is 24.3 Å². The van der Waals surface area contributed by atoms with Gasteiger partial charge in [0.2, 0.25) is 0 Å². The average Bonchev–Trinajstić information content (AvgIpc) is 2.43. The predicted molar refractivity (Wildman–Crippen MR) is 80.1 cm³/mol. The van der Waals surface area contributed by atoms with Gasteiger partial charge in [-0.15, -0.1) is 0 Å². The summed E-state index contributed by atoms with van der Waals surface area (Å²) in [6, 6.07) is 13.8. The second kappa shape index (κ2) is 4.63. The summed E-state index contributed by atoms with van der Waals surface area (Å²) in [7, 11) is 1.73. The van der Waals surface area contributed by atoms with E-state index in [4.69, 9.17) is 0 Å². The molecule has 0 fully saturated rings. The van der Waals surface area contributed by atoms with Gasteiger partial charge in [-0.05, 0) is 34.1 Å². The zero-order valence-electron chi connectivity index (χ0n) is 10.3. The molecule has 4 heteroatoms. The summed E-state index contributed by atoms with van der Waals surface area (Å²) >= 11 is 3.28. The van der Waals surface area contributed by atoms with Crippen LogP contribution in [-0.4, -0.2) is 9.55 Å². The van der Waals surface area contributed by atoms with Crippen LogP contribution in [0.2, 0.25) is 0 Å². The smallest absolute Gasteiger partial charge is 0.264 e. The normalized spacial score (nSPS) is 10.8. The maximum absolute atomic E-state index is 11.7. The third-order valence-electron chi connectivity index (χ3n) is 3.03. The number of halogens is 1. The molecule has 0 spiro atoms. The largest absolute Gasteiger partial charge is 0.317 e. The molecule has 0 unspecified atom stereocenters. The maximum atomic E-state index is 11.7. The fourth-order valence-electron chi connectivity index (χ4n) is 2.04. The Hall–Kier alpha value is -1.94. The van der Waals surface area contributed by atoms with Crippen LogP contribution >= 0.6 is 15.9 Å². The zero-order chi connectivity index (χ0) is 13.4. The van der Waals surface area contributed by atoms with Crippen LogP contribution in [-0.2, 0) is 7.05 Å². The van der Waals surface area contributed by atoms with E-state index in [2.05, 4.69) is 20.9 Å². The molecule has 0 radical (unpaired) electrons. The lowest BCUT2D eigenvalue weighted by atomic mass is 10.1. The summed E-state index contributed by atoms with van der Waals surface area (Å²) in [5.74, 6) is 0. The van der Waals surface area contributed by atoms with Gasteiger partial charge in [0, 0.05) is 24.2 Å². The first kappa shape index (κ1) is 12.1. The van der Waals surface area contributed by atoms with E-state index >= 15 is 0 Å². The Morgan fingerprint density at radius 2 is 1.95 bits per heavy atom. The van der Waals surface area contributed by atoms with Crippen molar-refractivity contribution in [3.63, 3.8) is 0 Å². The van der Waals surface area contributed by atoms with Crippen LogP contribution < -0.4 is 5.56 Å². The van der Waals surface area contributed by atoms with Crippen molar-refractivity contribution in [2.75, 3.05) is 0 Å². The molecule has 0 aliphatic carbocycles. The highest BCUT2D eigenvalue weighted by Crippen LogP contribution is 2.21. The first-order valence-corrected chi connectivity index (χ1v) is 6.67. The van der Waals surface area contributed by atoms with Crippen LogP contribution in [0.5, 0.6) is 0 Å². The fourth-order valence-corrected chi connectivity index (χ4v) is 2.56. The van der Waals surface area contributed by atoms with Gasteiger partial charge >= 0.3 is 0 Å².